The van der Waals surface area contributed by atoms with E-state index in [9.17, 15) is 4.39 Å². The first-order valence-electron chi connectivity index (χ1n) is 7.47. The summed E-state index contributed by atoms with van der Waals surface area (Å²) in [5.41, 5.74) is 7.61. The lowest BCUT2D eigenvalue weighted by Gasteiger charge is -2.31. The highest BCUT2D eigenvalue weighted by atomic mass is 19.1. The molecule has 1 aliphatic rings. The molecule has 2 heterocycles. The van der Waals surface area contributed by atoms with Gasteiger partial charge in [-0.1, -0.05) is 6.07 Å². The maximum Gasteiger partial charge on any atom is 0.132 e. The van der Waals surface area contributed by atoms with E-state index in [1.54, 1.807) is 12.1 Å². The van der Waals surface area contributed by atoms with Crippen molar-refractivity contribution in [3.8, 4) is 0 Å². The molecule has 0 radical (unpaired) electrons. The molecule has 1 saturated heterocycles. The van der Waals surface area contributed by atoms with E-state index >= 15 is 0 Å². The third-order valence-electron chi connectivity index (χ3n) is 4.39. The van der Waals surface area contributed by atoms with Gasteiger partial charge in [0.2, 0.25) is 0 Å². The second kappa shape index (κ2) is 5.94. The Bertz CT molecular complexity index is 570. The number of halogens is 1. The average Bonchev–Trinajstić information content (AvgIpc) is 2.91. The number of aromatic amines is 1. The highest BCUT2D eigenvalue weighted by molar-refractivity contribution is 5.84. The fourth-order valence-electron chi connectivity index (χ4n) is 3.27. The van der Waals surface area contributed by atoms with Crippen LogP contribution in [0.15, 0.2) is 24.4 Å². The Labute approximate surface area is 119 Å². The van der Waals surface area contributed by atoms with Gasteiger partial charge in [0, 0.05) is 17.1 Å². The highest BCUT2D eigenvalue weighted by Crippen LogP contribution is 2.34. The minimum absolute atomic E-state index is 0.107. The standard InChI is InChI=1S/C16H22FN3/c17-14-3-1-4-15-16(14)13(11-19-15)12-5-9-20(10-6-12)8-2-7-18/h1,3-4,11-12,19H,2,5-10,18H2. The monoisotopic (exact) mass is 275 g/mol. The summed E-state index contributed by atoms with van der Waals surface area (Å²) in [7, 11) is 0. The van der Waals surface area contributed by atoms with Gasteiger partial charge < -0.3 is 15.6 Å². The van der Waals surface area contributed by atoms with E-state index in [0.29, 0.717) is 5.92 Å². The zero-order chi connectivity index (χ0) is 13.9. The number of hydrogen-bond acceptors (Lipinski definition) is 2. The number of nitrogens with zero attached hydrogens (tertiary/aromatic N) is 1. The Hall–Kier alpha value is -1.39. The summed E-state index contributed by atoms with van der Waals surface area (Å²) >= 11 is 0. The molecule has 1 aromatic heterocycles. The first-order chi connectivity index (χ1) is 9.79. The number of aromatic nitrogens is 1. The fraction of sp³-hybridized carbons (Fsp3) is 0.500. The quantitative estimate of drug-likeness (QED) is 0.901. The predicted octanol–water partition coefficient (Wildman–Crippen LogP) is 2.84. The number of nitrogens with one attached hydrogen (secondary N) is 1. The third kappa shape index (κ3) is 2.58. The van der Waals surface area contributed by atoms with Crippen molar-refractivity contribution in [2.75, 3.05) is 26.2 Å². The summed E-state index contributed by atoms with van der Waals surface area (Å²) in [6.07, 6.45) is 5.26. The van der Waals surface area contributed by atoms with Crippen molar-refractivity contribution in [3.63, 3.8) is 0 Å². The molecule has 0 unspecified atom stereocenters. The van der Waals surface area contributed by atoms with Crippen LogP contribution >= 0.6 is 0 Å². The molecule has 3 rings (SSSR count). The number of piperidine rings is 1. The third-order valence-corrected chi connectivity index (χ3v) is 4.39. The van der Waals surface area contributed by atoms with Crippen LogP contribution in [0.5, 0.6) is 0 Å². The van der Waals surface area contributed by atoms with Crippen LogP contribution < -0.4 is 5.73 Å². The van der Waals surface area contributed by atoms with Gasteiger partial charge >= 0.3 is 0 Å². The number of nitrogens with two attached hydrogens (primary N) is 1. The Balaban J connectivity index is 1.74. The number of H-pyrrole nitrogens is 1. The van der Waals surface area contributed by atoms with Crippen LogP contribution in [0.4, 0.5) is 4.39 Å². The molecule has 4 heteroatoms. The zero-order valence-electron chi connectivity index (χ0n) is 11.7. The molecular weight excluding hydrogens is 253 g/mol. The summed E-state index contributed by atoms with van der Waals surface area (Å²) in [6, 6.07) is 5.25. The molecule has 108 valence electrons. The molecule has 3 N–H and O–H groups in total. The van der Waals surface area contributed by atoms with Crippen molar-refractivity contribution in [1.29, 1.82) is 0 Å². The second-order valence-corrected chi connectivity index (χ2v) is 5.66. The summed E-state index contributed by atoms with van der Waals surface area (Å²) in [5.74, 6) is 0.360. The average molecular weight is 275 g/mol. The number of rotatable bonds is 4. The van der Waals surface area contributed by atoms with Gasteiger partial charge in [0.1, 0.15) is 5.82 Å². The van der Waals surface area contributed by atoms with Gasteiger partial charge in [-0.15, -0.1) is 0 Å². The van der Waals surface area contributed by atoms with Gasteiger partial charge in [0.25, 0.3) is 0 Å². The molecule has 0 bridgehead atoms. The summed E-state index contributed by atoms with van der Waals surface area (Å²) in [6.45, 7) is 4.02. The van der Waals surface area contributed by atoms with Crippen LogP contribution in [0, 0.1) is 5.82 Å². The van der Waals surface area contributed by atoms with Gasteiger partial charge in [-0.25, -0.2) is 4.39 Å². The van der Waals surface area contributed by atoms with Gasteiger partial charge in [-0.2, -0.15) is 0 Å². The summed E-state index contributed by atoms with van der Waals surface area (Å²) in [5, 5.41) is 0.785. The molecule has 0 amide bonds. The smallest absolute Gasteiger partial charge is 0.132 e. The maximum atomic E-state index is 14.0. The predicted molar refractivity (Wildman–Crippen MR) is 80.3 cm³/mol. The van der Waals surface area contributed by atoms with Gasteiger partial charge in [-0.3, -0.25) is 0 Å². The van der Waals surface area contributed by atoms with Crippen molar-refractivity contribution >= 4 is 10.9 Å². The van der Waals surface area contributed by atoms with E-state index in [0.717, 1.165) is 61.9 Å². The summed E-state index contributed by atoms with van der Waals surface area (Å²) in [4.78, 5) is 5.67. The van der Waals surface area contributed by atoms with Crippen LogP contribution in [0.1, 0.15) is 30.7 Å². The van der Waals surface area contributed by atoms with Gasteiger partial charge in [-0.05, 0) is 69.1 Å². The molecule has 2 aromatic rings. The minimum Gasteiger partial charge on any atom is -0.361 e. The van der Waals surface area contributed by atoms with E-state index in [2.05, 4.69) is 9.88 Å². The van der Waals surface area contributed by atoms with Gasteiger partial charge in [0.15, 0.2) is 0 Å². The van der Waals surface area contributed by atoms with Crippen molar-refractivity contribution in [2.45, 2.75) is 25.2 Å². The molecule has 0 spiro atoms. The fourth-order valence-corrected chi connectivity index (χ4v) is 3.27. The Morgan fingerprint density at radius 2 is 2.10 bits per heavy atom. The van der Waals surface area contributed by atoms with Crippen LogP contribution in [0.2, 0.25) is 0 Å². The zero-order valence-corrected chi connectivity index (χ0v) is 11.7. The molecule has 3 nitrogen and oxygen atoms in total. The molecule has 1 fully saturated rings. The molecule has 20 heavy (non-hydrogen) atoms. The van der Waals surface area contributed by atoms with E-state index < -0.39 is 0 Å². The number of fused-ring (bicyclic) bond motifs is 1. The second-order valence-electron chi connectivity index (χ2n) is 5.66. The van der Waals surface area contributed by atoms with Crippen molar-refractivity contribution < 1.29 is 4.39 Å². The summed E-state index contributed by atoms with van der Waals surface area (Å²) < 4.78 is 14.0. The van der Waals surface area contributed by atoms with Crippen molar-refractivity contribution in [3.05, 3.63) is 35.8 Å². The highest BCUT2D eigenvalue weighted by Gasteiger charge is 2.23. The number of hydrogen-bond donors (Lipinski definition) is 2. The van der Waals surface area contributed by atoms with E-state index in [4.69, 9.17) is 5.73 Å². The lowest BCUT2D eigenvalue weighted by atomic mass is 9.89. The van der Waals surface area contributed by atoms with E-state index in [1.165, 1.54) is 0 Å². The van der Waals surface area contributed by atoms with Crippen LogP contribution in [-0.4, -0.2) is 36.1 Å². The lowest BCUT2D eigenvalue weighted by Crippen LogP contribution is -2.34. The van der Waals surface area contributed by atoms with Crippen LogP contribution in [-0.2, 0) is 0 Å². The SMILES string of the molecule is NCCCN1CCC(c2c[nH]c3cccc(F)c23)CC1. The first-order valence-corrected chi connectivity index (χ1v) is 7.47. The Morgan fingerprint density at radius 1 is 1.30 bits per heavy atom. The molecular formula is C16H22FN3. The largest absolute Gasteiger partial charge is 0.361 e. The van der Waals surface area contributed by atoms with E-state index in [-0.39, 0.29) is 5.82 Å². The first kappa shape index (κ1) is 13.6. The van der Waals surface area contributed by atoms with Crippen LogP contribution in [0.25, 0.3) is 10.9 Å². The van der Waals surface area contributed by atoms with Gasteiger partial charge in [0.05, 0.1) is 0 Å². The molecule has 0 saturated carbocycles. The number of likely N-dealkylation sites (tertiary alicyclic amines) is 1. The Morgan fingerprint density at radius 3 is 2.85 bits per heavy atom. The van der Waals surface area contributed by atoms with Crippen molar-refractivity contribution in [1.82, 2.24) is 9.88 Å². The maximum absolute atomic E-state index is 14.0. The van der Waals surface area contributed by atoms with Crippen LogP contribution in [0.3, 0.4) is 0 Å². The minimum atomic E-state index is -0.107. The molecule has 1 aliphatic heterocycles. The normalized spacial score (nSPS) is 17.9. The molecule has 0 aliphatic carbocycles. The molecule has 0 atom stereocenters. The number of benzene rings is 1. The molecule has 1 aromatic carbocycles. The van der Waals surface area contributed by atoms with Crippen molar-refractivity contribution in [2.24, 2.45) is 5.73 Å². The Kier molecular flexibility index (Phi) is 4.03. The lowest BCUT2D eigenvalue weighted by molar-refractivity contribution is 0.211. The van der Waals surface area contributed by atoms with E-state index in [1.807, 2.05) is 12.3 Å². The topological polar surface area (TPSA) is 45.0 Å².